The van der Waals surface area contributed by atoms with Gasteiger partial charge in [0.1, 0.15) is 23.2 Å². The second-order valence-electron chi connectivity index (χ2n) is 12.5. The molecule has 4 unspecified atom stereocenters. The Kier molecular flexibility index (Phi) is 8.72. The molecule has 2 aliphatic heterocycles. The zero-order valence-electron chi connectivity index (χ0n) is 25.2. The summed E-state index contributed by atoms with van der Waals surface area (Å²) in [5.74, 6) is -5.60. The first-order chi connectivity index (χ1) is 21.2. The van der Waals surface area contributed by atoms with Gasteiger partial charge in [-0.2, -0.15) is 0 Å². The summed E-state index contributed by atoms with van der Waals surface area (Å²) in [7, 11) is 2.81. The van der Waals surface area contributed by atoms with Crippen molar-refractivity contribution in [2.24, 2.45) is 10.4 Å². The molecule has 1 amide bonds. The van der Waals surface area contributed by atoms with Crippen LogP contribution in [0.4, 0.5) is 18.9 Å². The number of anilines is 1. The molecule has 3 aromatic rings. The molecule has 0 aromatic heterocycles. The number of hydrogen-bond donors (Lipinski definition) is 1. The molecule has 3 aromatic carbocycles. The van der Waals surface area contributed by atoms with Gasteiger partial charge in [-0.25, -0.2) is 18.0 Å². The van der Waals surface area contributed by atoms with Crippen molar-refractivity contribution in [3.05, 3.63) is 92.7 Å². The highest BCUT2D eigenvalue weighted by atomic mass is 35.5. The first-order valence-electron chi connectivity index (χ1n) is 14.2. The maximum absolute atomic E-state index is 16.1. The molecule has 0 radical (unpaired) electrons. The van der Waals surface area contributed by atoms with Gasteiger partial charge in [0.15, 0.2) is 0 Å². The summed E-state index contributed by atoms with van der Waals surface area (Å²) in [6.45, 7) is 5.89. The minimum absolute atomic E-state index is 0.00616. The van der Waals surface area contributed by atoms with Crippen molar-refractivity contribution in [2.75, 3.05) is 25.7 Å². The zero-order chi connectivity index (χ0) is 33.0. The van der Waals surface area contributed by atoms with E-state index >= 15 is 13.2 Å². The highest BCUT2D eigenvalue weighted by Gasteiger charge is 2.66. The number of amides is 1. The molecule has 2 aliphatic rings. The van der Waals surface area contributed by atoms with Gasteiger partial charge in [0.25, 0.3) is 0 Å². The molecule has 45 heavy (non-hydrogen) atoms. The lowest BCUT2D eigenvalue weighted by molar-refractivity contribution is -0.119. The number of ether oxygens (including phenoxy) is 1. The molecule has 7 nitrogen and oxygen atoms in total. The van der Waals surface area contributed by atoms with E-state index in [1.807, 2.05) is 25.7 Å². The smallest absolute Gasteiger partial charge is 0.338 e. The largest absolute Gasteiger partial charge is 0.495 e. The fourth-order valence-electron chi connectivity index (χ4n) is 6.96. The van der Waals surface area contributed by atoms with Gasteiger partial charge in [-0.05, 0) is 41.7 Å². The van der Waals surface area contributed by atoms with Crippen molar-refractivity contribution in [2.45, 2.75) is 50.6 Å². The van der Waals surface area contributed by atoms with Crippen LogP contribution < -0.4 is 9.64 Å². The molecule has 1 N–H and O–H groups in total. The van der Waals surface area contributed by atoms with Crippen LogP contribution in [0.1, 0.15) is 54.6 Å². The maximum Gasteiger partial charge on any atom is 0.338 e. The number of aromatic carboxylic acids is 1. The van der Waals surface area contributed by atoms with Crippen molar-refractivity contribution < 1.29 is 32.6 Å². The summed E-state index contributed by atoms with van der Waals surface area (Å²) in [5.41, 5.74) is -2.12. The molecular weight excluding hydrogens is 630 g/mol. The number of rotatable bonds is 7. The molecule has 5 rings (SSSR count). The summed E-state index contributed by atoms with van der Waals surface area (Å²) in [6, 6.07) is 8.95. The number of carbonyl (C=O) groups is 2. The topological polar surface area (TPSA) is 82.4 Å². The summed E-state index contributed by atoms with van der Waals surface area (Å²) in [5, 5.41) is 9.44. The Morgan fingerprint density at radius 2 is 1.84 bits per heavy atom. The lowest BCUT2D eigenvalue weighted by Crippen LogP contribution is -2.50. The molecule has 0 bridgehead atoms. The number of carboxylic acid groups (broad SMARTS) is 1. The second kappa shape index (κ2) is 12.0. The average molecular weight is 663 g/mol. The molecule has 0 saturated carbocycles. The van der Waals surface area contributed by atoms with Gasteiger partial charge < -0.3 is 9.84 Å². The predicted molar refractivity (Wildman–Crippen MR) is 167 cm³/mol. The Balaban J connectivity index is 1.82. The van der Waals surface area contributed by atoms with Crippen LogP contribution in [0.3, 0.4) is 0 Å². The Labute approximate surface area is 269 Å². The number of carbonyl (C=O) groups excluding carboxylic acids is 1. The Bertz CT molecular complexity index is 1710. The number of halogens is 5. The summed E-state index contributed by atoms with van der Waals surface area (Å²) < 4.78 is 52.7. The minimum atomic E-state index is -1.50. The number of carboxylic acids is 1. The quantitative estimate of drug-likeness (QED) is 0.268. The lowest BCUT2D eigenvalue weighted by Gasteiger charge is -2.42. The van der Waals surface area contributed by atoms with E-state index < -0.39 is 58.3 Å². The summed E-state index contributed by atoms with van der Waals surface area (Å²) in [4.78, 5) is 33.8. The van der Waals surface area contributed by atoms with Crippen molar-refractivity contribution in [3.8, 4) is 5.75 Å². The van der Waals surface area contributed by atoms with Crippen LogP contribution in [0, 0.1) is 22.9 Å². The molecule has 2 heterocycles. The van der Waals surface area contributed by atoms with Gasteiger partial charge in [0.05, 0.1) is 41.5 Å². The summed E-state index contributed by atoms with van der Waals surface area (Å²) in [6.07, 6.45) is 1.99. The number of hydrogen-bond acceptors (Lipinski definition) is 5. The fraction of sp³-hybridized carbons (Fsp3) is 0.364. The minimum Gasteiger partial charge on any atom is -0.495 e. The van der Waals surface area contributed by atoms with Crippen molar-refractivity contribution in [1.82, 2.24) is 4.90 Å². The Morgan fingerprint density at radius 3 is 2.44 bits per heavy atom. The van der Waals surface area contributed by atoms with Crippen LogP contribution >= 0.6 is 23.2 Å². The molecule has 2 fully saturated rings. The van der Waals surface area contributed by atoms with E-state index in [1.54, 1.807) is 18.3 Å². The van der Waals surface area contributed by atoms with Crippen LogP contribution in [-0.4, -0.2) is 61.0 Å². The highest BCUT2D eigenvalue weighted by molar-refractivity contribution is 6.31. The Morgan fingerprint density at radius 1 is 1.13 bits per heavy atom. The number of methoxy groups -OCH3 is 1. The monoisotopic (exact) mass is 661 g/mol. The third-order valence-electron chi connectivity index (χ3n) is 8.62. The van der Waals surface area contributed by atoms with Crippen molar-refractivity contribution in [1.29, 1.82) is 0 Å². The van der Waals surface area contributed by atoms with E-state index in [9.17, 15) is 14.7 Å². The van der Waals surface area contributed by atoms with E-state index in [2.05, 4.69) is 4.99 Å². The van der Waals surface area contributed by atoms with Crippen LogP contribution in [-0.2, 0) is 10.2 Å². The molecular formula is C33H32Cl2F3N3O4. The van der Waals surface area contributed by atoms with Crippen LogP contribution in [0.15, 0.2) is 53.5 Å². The lowest BCUT2D eigenvalue weighted by atomic mass is 9.62. The SMILES string of the molecule is CN=CC1(c2ccc(Cl)cc2F)C(c2cccc(Cl)c2F)C2C(=O)N(c3cc(F)c(C(=O)O)cc3OC)CN2C1CC(C)(C)C. The number of aliphatic imine (C=N–C) groups is 1. The molecule has 12 heteroatoms. The predicted octanol–water partition coefficient (Wildman–Crippen LogP) is 7.33. The van der Waals surface area contributed by atoms with E-state index in [4.69, 9.17) is 27.9 Å². The second-order valence-corrected chi connectivity index (χ2v) is 13.4. The normalized spacial score (nSPS) is 23.6. The molecule has 238 valence electrons. The van der Waals surface area contributed by atoms with Crippen molar-refractivity contribution in [3.63, 3.8) is 0 Å². The van der Waals surface area contributed by atoms with Gasteiger partial charge in [-0.1, -0.05) is 62.2 Å². The average Bonchev–Trinajstić information content (AvgIpc) is 3.41. The number of nitrogens with zero attached hydrogens (tertiary/aromatic N) is 3. The van der Waals surface area contributed by atoms with Crippen LogP contribution in [0.2, 0.25) is 10.0 Å². The molecule has 0 aliphatic carbocycles. The highest BCUT2D eigenvalue weighted by Crippen LogP contribution is 2.58. The summed E-state index contributed by atoms with van der Waals surface area (Å²) >= 11 is 12.5. The maximum atomic E-state index is 16.1. The van der Waals surface area contributed by atoms with Gasteiger partial charge in [-0.3, -0.25) is 19.6 Å². The van der Waals surface area contributed by atoms with Gasteiger partial charge in [-0.15, -0.1) is 0 Å². The molecule has 2 saturated heterocycles. The Hall–Kier alpha value is -3.60. The van der Waals surface area contributed by atoms with E-state index in [0.29, 0.717) is 6.42 Å². The first-order valence-corrected chi connectivity index (χ1v) is 14.9. The van der Waals surface area contributed by atoms with Gasteiger partial charge >= 0.3 is 5.97 Å². The van der Waals surface area contributed by atoms with Crippen LogP contribution in [0.5, 0.6) is 5.75 Å². The van der Waals surface area contributed by atoms with Crippen molar-refractivity contribution >= 4 is 47.0 Å². The zero-order valence-corrected chi connectivity index (χ0v) is 26.8. The van der Waals surface area contributed by atoms with Gasteiger partial charge in [0, 0.05) is 41.9 Å². The van der Waals surface area contributed by atoms with E-state index in [1.165, 1.54) is 43.3 Å². The standard InChI is InChI=1S/C33H32Cl2F3N3O4/c1-32(2,3)14-26-33(15-39-4,20-10-9-17(34)11-23(20)37)27(18-7-6-8-21(35)28(18)38)29-30(42)40(16-41(26)29)24-13-22(36)19(31(43)44)12-25(24)45-5/h6-13,15,26-27,29H,14,16H2,1-5H3,(H,43,44). The molecule has 4 atom stereocenters. The molecule has 0 spiro atoms. The third kappa shape index (κ3) is 5.47. The number of benzene rings is 3. The van der Waals surface area contributed by atoms with E-state index in [0.717, 1.165) is 12.1 Å². The van der Waals surface area contributed by atoms with Gasteiger partial charge in [0.2, 0.25) is 5.91 Å². The first kappa shape index (κ1) is 32.8. The fourth-order valence-corrected chi connectivity index (χ4v) is 7.30. The number of fused-ring (bicyclic) bond motifs is 1. The third-order valence-corrected chi connectivity index (χ3v) is 9.14. The van der Waals surface area contributed by atoms with Crippen LogP contribution in [0.25, 0.3) is 0 Å². The van der Waals surface area contributed by atoms with E-state index in [-0.39, 0.29) is 44.7 Å².